The molecule has 0 saturated heterocycles. The first-order valence-corrected chi connectivity index (χ1v) is 51.1. The molecule has 18 aromatic rings. The maximum Gasteiger partial charge on any atom is 0.264 e. The number of imidazole rings is 2. The van der Waals surface area contributed by atoms with Crippen molar-refractivity contribution in [2.45, 2.75) is 310 Å². The van der Waals surface area contributed by atoms with Gasteiger partial charge in [-0.1, -0.05) is 356 Å². The predicted octanol–water partition coefficient (Wildman–Crippen LogP) is 36.2. The van der Waals surface area contributed by atoms with E-state index in [4.69, 9.17) is 18.9 Å². The highest BCUT2D eigenvalue weighted by Gasteiger charge is 2.33. The number of nitrogens with one attached hydrogen (secondary N) is 2. The summed E-state index contributed by atoms with van der Waals surface area (Å²) >= 11 is 0. The van der Waals surface area contributed by atoms with Crippen LogP contribution in [0.1, 0.15) is 307 Å². The Labute approximate surface area is 768 Å². The molecule has 2 N–H and O–H groups in total. The van der Waals surface area contributed by atoms with Crippen LogP contribution in [0.3, 0.4) is 0 Å². The Balaban J connectivity index is 0.855. The SMILES string of the molecule is CCCCCCCCCCCCc1ccc(Oc2cc3c(=O)n4c5cc6ccccc6cc5[nH]c4c4cc(Oc5ccc(CCCCCCCCCCCC)cc5)c5c6c(Oc7ccc(CCCCCCCCCCCC)cc7)cc7c8c(cc(Oc9ccc(CCCCCCCCCCCC)cc9)c(c2c5c34)c68)c(=O)n2c3cc4cc5ccccc5cc4cc3[nH]c72)cc1. The lowest BCUT2D eigenvalue weighted by atomic mass is 9.84. The van der Waals surface area contributed by atoms with Gasteiger partial charge in [0.1, 0.15) is 57.3 Å². The Morgan fingerprint density at radius 2 is 0.454 bits per heavy atom. The first kappa shape index (κ1) is 89.2. The number of ether oxygens (including phenoxy) is 4. The second kappa shape index (κ2) is 43.1. The van der Waals surface area contributed by atoms with Gasteiger partial charge in [0.2, 0.25) is 0 Å². The van der Waals surface area contributed by atoms with Crippen LogP contribution in [0.25, 0.3) is 130 Å². The fourth-order valence-electron chi connectivity index (χ4n) is 21.3. The van der Waals surface area contributed by atoms with Gasteiger partial charge >= 0.3 is 0 Å². The number of hydrogen-bond donors (Lipinski definition) is 2. The van der Waals surface area contributed by atoms with E-state index in [0.29, 0.717) is 89.6 Å². The van der Waals surface area contributed by atoms with Crippen LogP contribution in [0.4, 0.5) is 0 Å². The second-order valence-corrected chi connectivity index (χ2v) is 38.3. The third kappa shape index (κ3) is 20.1. The molecule has 0 fully saturated rings. The van der Waals surface area contributed by atoms with Crippen molar-refractivity contribution in [1.82, 2.24) is 18.8 Å². The molecule has 130 heavy (non-hydrogen) atoms. The Hall–Kier alpha value is -11.4. The number of pyridine rings is 2. The van der Waals surface area contributed by atoms with Crippen LogP contribution in [0.15, 0.2) is 216 Å². The highest BCUT2D eigenvalue weighted by Crippen LogP contribution is 2.58. The van der Waals surface area contributed by atoms with Crippen molar-refractivity contribution < 1.29 is 18.9 Å². The largest absolute Gasteiger partial charge is 0.457 e. The van der Waals surface area contributed by atoms with Gasteiger partial charge in [0, 0.05) is 53.9 Å². The monoisotopic (exact) mass is 1730 g/mol. The third-order valence-electron chi connectivity index (χ3n) is 28.5. The summed E-state index contributed by atoms with van der Waals surface area (Å²) in [5.74, 6) is 4.57. The van der Waals surface area contributed by atoms with Crippen molar-refractivity contribution in [3.63, 3.8) is 0 Å². The molecule has 18 rings (SSSR count). The molecule has 672 valence electrons. The van der Waals surface area contributed by atoms with Gasteiger partial charge in [-0.2, -0.15) is 0 Å². The zero-order chi connectivity index (χ0) is 88.5. The zero-order valence-electron chi connectivity index (χ0n) is 78.1. The van der Waals surface area contributed by atoms with Gasteiger partial charge in [-0.3, -0.25) is 18.4 Å². The fourth-order valence-corrected chi connectivity index (χ4v) is 21.3. The lowest BCUT2D eigenvalue weighted by molar-refractivity contribution is 0.483. The van der Waals surface area contributed by atoms with Crippen molar-refractivity contribution in [1.29, 1.82) is 0 Å². The van der Waals surface area contributed by atoms with Crippen molar-refractivity contribution >= 4 is 130 Å². The lowest BCUT2D eigenvalue weighted by Crippen LogP contribution is -2.15. The number of aromatic amines is 2. The molecule has 0 aliphatic carbocycles. The van der Waals surface area contributed by atoms with E-state index in [0.717, 1.165) is 138 Å². The normalized spacial score (nSPS) is 12.2. The van der Waals surface area contributed by atoms with Gasteiger partial charge in [-0.05, 0) is 215 Å². The number of aromatic nitrogens is 4. The average molecular weight is 1730 g/mol. The molecule has 14 aromatic carbocycles. The van der Waals surface area contributed by atoms with Crippen LogP contribution < -0.4 is 30.1 Å². The van der Waals surface area contributed by atoms with Crippen LogP contribution in [-0.4, -0.2) is 18.8 Å². The van der Waals surface area contributed by atoms with E-state index in [-0.39, 0.29) is 11.1 Å². The van der Waals surface area contributed by atoms with Crippen molar-refractivity contribution in [3.05, 3.63) is 249 Å². The molecule has 0 bridgehead atoms. The third-order valence-corrected chi connectivity index (χ3v) is 28.5. The molecule has 4 heterocycles. The van der Waals surface area contributed by atoms with Crippen LogP contribution in [0, 0.1) is 0 Å². The summed E-state index contributed by atoms with van der Waals surface area (Å²) in [4.78, 5) is 41.6. The summed E-state index contributed by atoms with van der Waals surface area (Å²) < 4.78 is 34.9. The van der Waals surface area contributed by atoms with Crippen molar-refractivity contribution in [2.75, 3.05) is 0 Å². The molecule has 0 amide bonds. The summed E-state index contributed by atoms with van der Waals surface area (Å²) in [5.41, 5.74) is 9.09. The smallest absolute Gasteiger partial charge is 0.264 e. The van der Waals surface area contributed by atoms with E-state index >= 15 is 9.59 Å². The molecule has 0 aliphatic heterocycles. The topological polar surface area (TPSA) is 111 Å². The molecular formula is C120H136N4O6. The lowest BCUT2D eigenvalue weighted by Gasteiger charge is -2.25. The summed E-state index contributed by atoms with van der Waals surface area (Å²) in [6, 6.07) is 73.2. The van der Waals surface area contributed by atoms with Crippen molar-refractivity contribution in [3.8, 4) is 46.0 Å². The van der Waals surface area contributed by atoms with Gasteiger partial charge in [-0.15, -0.1) is 0 Å². The Morgan fingerprint density at radius 1 is 0.223 bits per heavy atom. The predicted molar refractivity (Wildman–Crippen MR) is 553 cm³/mol. The first-order valence-electron chi connectivity index (χ1n) is 51.1. The maximum absolute atomic E-state index is 17.0. The minimum atomic E-state index is -0.198. The number of nitrogens with zero attached hydrogens (tertiary/aromatic N) is 2. The summed E-state index contributed by atoms with van der Waals surface area (Å²) in [6.07, 6.45) is 55.1. The molecule has 0 radical (unpaired) electrons. The Bertz CT molecular complexity index is 6950. The molecule has 0 spiro atoms. The summed E-state index contributed by atoms with van der Waals surface area (Å²) in [5, 5.41) is 14.7. The van der Waals surface area contributed by atoms with Crippen LogP contribution >= 0.6 is 0 Å². The molecule has 4 aromatic heterocycles. The first-order chi connectivity index (χ1) is 64.2. The number of H-pyrrole nitrogens is 2. The average Bonchev–Trinajstić information content (AvgIpc) is 1.08. The Kier molecular flexibility index (Phi) is 29.6. The highest BCUT2D eigenvalue weighted by atomic mass is 16.5. The van der Waals surface area contributed by atoms with E-state index in [1.165, 1.54) is 253 Å². The Morgan fingerprint density at radius 3 is 0.738 bits per heavy atom. The van der Waals surface area contributed by atoms with Crippen molar-refractivity contribution in [2.24, 2.45) is 0 Å². The highest BCUT2D eigenvalue weighted by molar-refractivity contribution is 6.45. The number of unbranched alkanes of at least 4 members (excludes halogenated alkanes) is 36. The zero-order valence-corrected chi connectivity index (χ0v) is 78.1. The molecule has 0 atom stereocenters. The molecule has 10 nitrogen and oxygen atoms in total. The fraction of sp³-hybridized carbons (Fsp3) is 0.400. The minimum Gasteiger partial charge on any atom is -0.457 e. The molecule has 0 saturated carbocycles. The van der Waals surface area contributed by atoms with Gasteiger partial charge in [0.15, 0.2) is 0 Å². The van der Waals surface area contributed by atoms with E-state index in [1.54, 1.807) is 0 Å². The number of aryl methyl sites for hydroxylation is 4. The standard InChI is InChI=1S/C120H136N4O6/c1-5-9-13-17-21-25-29-33-37-41-49-83-57-65-93(66-58-83)127-105-79-97-109-99(119(125)123-103-77-90-56-48-47-55-89(90)75-101(103)121-117(97)123)81-107(129-95-69-61-85(62-70-95)51-43-39-35-31-27-23-19-15-11-7-3)113-114-108(130-96-71-63-86(64-72-96)52-44-40-36-32-28-24-20-16-12-8-4)82-100-110-98(118-122-102-76-91-73-87-53-45-46-54-88(87)74-92(91)78-104(102)124(118)120(100)126)80-106(112(116(110)114)111(105)115(109)113)128-94-67-59-84(60-68-94)50-42-38-34-30-26-22-18-14-10-6-2/h45-48,53-82,121-122H,5-44,49-52H2,1-4H3. The second-order valence-electron chi connectivity index (χ2n) is 38.3. The number of hydrogen-bond acceptors (Lipinski definition) is 6. The summed E-state index contributed by atoms with van der Waals surface area (Å²) in [7, 11) is 0. The van der Waals surface area contributed by atoms with E-state index in [9.17, 15) is 0 Å². The molecule has 10 heteroatoms. The van der Waals surface area contributed by atoms with Gasteiger partial charge < -0.3 is 28.9 Å². The molecule has 0 unspecified atom stereocenters. The van der Waals surface area contributed by atoms with Crippen LogP contribution in [0.2, 0.25) is 0 Å². The maximum atomic E-state index is 17.0. The van der Waals surface area contributed by atoms with Gasteiger partial charge in [-0.25, -0.2) is 0 Å². The van der Waals surface area contributed by atoms with E-state index in [2.05, 4.69) is 232 Å². The van der Waals surface area contributed by atoms with E-state index < -0.39 is 0 Å². The number of fused-ring (bicyclic) bond motifs is 13. The van der Waals surface area contributed by atoms with Crippen LogP contribution in [-0.2, 0) is 25.7 Å². The minimum absolute atomic E-state index is 0.195. The quantitative estimate of drug-likeness (QED) is 0.0223. The van der Waals surface area contributed by atoms with Gasteiger partial charge in [0.25, 0.3) is 11.1 Å². The van der Waals surface area contributed by atoms with E-state index in [1.807, 2.05) is 20.9 Å². The molecular weight excluding hydrogens is 1590 g/mol. The van der Waals surface area contributed by atoms with Crippen LogP contribution in [0.5, 0.6) is 46.0 Å². The number of rotatable bonds is 52. The number of benzene rings is 14. The molecule has 0 aliphatic rings. The van der Waals surface area contributed by atoms with Gasteiger partial charge in [0.05, 0.1) is 32.8 Å². The summed E-state index contributed by atoms with van der Waals surface area (Å²) in [6.45, 7) is 9.16.